The van der Waals surface area contributed by atoms with Gasteiger partial charge in [0.25, 0.3) is 0 Å². The van der Waals surface area contributed by atoms with Gasteiger partial charge in [0.05, 0.1) is 20.8 Å². The van der Waals surface area contributed by atoms with E-state index >= 15 is 0 Å². The second kappa shape index (κ2) is 8.67. The Kier molecular flexibility index (Phi) is 6.31. The van der Waals surface area contributed by atoms with Crippen LogP contribution in [0, 0.1) is 0 Å². The van der Waals surface area contributed by atoms with Crippen molar-refractivity contribution in [1.29, 1.82) is 0 Å². The van der Waals surface area contributed by atoms with Crippen LogP contribution in [0.2, 0.25) is 0 Å². The minimum absolute atomic E-state index is 0.229. The number of esters is 1. The molecule has 0 aliphatic carbocycles. The summed E-state index contributed by atoms with van der Waals surface area (Å²) in [6, 6.07) is 13.6. The molecular weight excluding hydrogens is 312 g/mol. The van der Waals surface area contributed by atoms with Gasteiger partial charge in [-0.3, -0.25) is 0 Å². The Labute approximate surface area is 140 Å². The van der Waals surface area contributed by atoms with E-state index in [9.17, 15) is 4.79 Å². The van der Waals surface area contributed by atoms with Crippen LogP contribution in [0.3, 0.4) is 0 Å². The van der Waals surface area contributed by atoms with Crippen molar-refractivity contribution in [3.63, 3.8) is 0 Å². The fraction of sp³-hybridized carbons (Fsp3) is 0.278. The summed E-state index contributed by atoms with van der Waals surface area (Å²) in [5.41, 5.74) is 0. The van der Waals surface area contributed by atoms with Crippen LogP contribution < -0.4 is 18.9 Å². The zero-order valence-corrected chi connectivity index (χ0v) is 13.9. The lowest BCUT2D eigenvalue weighted by molar-refractivity contribution is -0.165. The van der Waals surface area contributed by atoms with E-state index < -0.39 is 12.3 Å². The Bertz CT molecular complexity index is 586. The molecule has 0 heterocycles. The van der Waals surface area contributed by atoms with Crippen LogP contribution >= 0.6 is 0 Å². The number of hydrogen-bond donors (Lipinski definition) is 0. The third kappa shape index (κ3) is 4.81. The maximum atomic E-state index is 12.1. The van der Waals surface area contributed by atoms with E-state index in [0.29, 0.717) is 23.0 Å². The highest BCUT2D eigenvalue weighted by Gasteiger charge is 2.24. The number of carbonyl (C=O) groups excluding carboxylic acids is 1. The van der Waals surface area contributed by atoms with Crippen LogP contribution in [0.15, 0.2) is 48.5 Å². The van der Waals surface area contributed by atoms with Crippen LogP contribution in [0.4, 0.5) is 0 Å². The van der Waals surface area contributed by atoms with Crippen molar-refractivity contribution in [2.24, 2.45) is 0 Å². The van der Waals surface area contributed by atoms with Gasteiger partial charge in [-0.1, -0.05) is 0 Å². The third-order valence-electron chi connectivity index (χ3n) is 3.08. The SMILES string of the molecule is CCOC(=O)C(Oc1ccc(OC)cc1)Oc1ccc(OC)cc1. The van der Waals surface area contributed by atoms with Crippen LogP contribution in [-0.2, 0) is 9.53 Å². The average Bonchev–Trinajstić information content (AvgIpc) is 2.62. The summed E-state index contributed by atoms with van der Waals surface area (Å²) >= 11 is 0. The third-order valence-corrected chi connectivity index (χ3v) is 3.08. The number of hydrogen-bond acceptors (Lipinski definition) is 6. The van der Waals surface area contributed by atoms with Gasteiger partial charge in [-0.25, -0.2) is 4.79 Å². The van der Waals surface area contributed by atoms with Crippen molar-refractivity contribution in [3.05, 3.63) is 48.5 Å². The van der Waals surface area contributed by atoms with Gasteiger partial charge in [-0.15, -0.1) is 0 Å². The molecule has 24 heavy (non-hydrogen) atoms. The monoisotopic (exact) mass is 332 g/mol. The van der Waals surface area contributed by atoms with E-state index in [0.717, 1.165) is 0 Å². The summed E-state index contributed by atoms with van der Waals surface area (Å²) in [4.78, 5) is 12.1. The van der Waals surface area contributed by atoms with E-state index in [1.165, 1.54) is 0 Å². The van der Waals surface area contributed by atoms with Crippen LogP contribution in [-0.4, -0.2) is 33.1 Å². The number of carbonyl (C=O) groups is 1. The van der Waals surface area contributed by atoms with E-state index in [4.69, 9.17) is 23.7 Å². The zero-order valence-electron chi connectivity index (χ0n) is 13.9. The average molecular weight is 332 g/mol. The molecule has 6 nitrogen and oxygen atoms in total. The van der Waals surface area contributed by atoms with Crippen LogP contribution in [0.25, 0.3) is 0 Å². The predicted octanol–water partition coefficient (Wildman–Crippen LogP) is 3.05. The lowest BCUT2D eigenvalue weighted by atomic mass is 10.3. The molecule has 2 aromatic carbocycles. The first kappa shape index (κ1) is 17.5. The van der Waals surface area contributed by atoms with Crippen molar-refractivity contribution in [2.45, 2.75) is 13.2 Å². The van der Waals surface area contributed by atoms with E-state index in [2.05, 4.69) is 0 Å². The molecule has 0 unspecified atom stereocenters. The topological polar surface area (TPSA) is 63.2 Å². The first-order valence-electron chi connectivity index (χ1n) is 7.44. The van der Waals surface area contributed by atoms with Crippen LogP contribution in [0.1, 0.15) is 6.92 Å². The van der Waals surface area contributed by atoms with E-state index in [1.54, 1.807) is 69.7 Å². The summed E-state index contributed by atoms with van der Waals surface area (Å²) in [5.74, 6) is 1.69. The summed E-state index contributed by atoms with van der Waals surface area (Å²) < 4.78 is 26.4. The zero-order chi connectivity index (χ0) is 17.4. The van der Waals surface area contributed by atoms with E-state index in [-0.39, 0.29) is 6.61 Å². The summed E-state index contributed by atoms with van der Waals surface area (Å²) in [5, 5.41) is 0. The molecule has 2 aromatic rings. The number of ether oxygens (including phenoxy) is 5. The van der Waals surface area contributed by atoms with Crippen molar-refractivity contribution >= 4 is 5.97 Å². The molecule has 128 valence electrons. The molecule has 2 rings (SSSR count). The second-order valence-electron chi connectivity index (χ2n) is 4.67. The van der Waals surface area contributed by atoms with Gasteiger partial charge in [0, 0.05) is 0 Å². The fourth-order valence-electron chi connectivity index (χ4n) is 1.89. The van der Waals surface area contributed by atoms with Gasteiger partial charge < -0.3 is 23.7 Å². The lowest BCUT2D eigenvalue weighted by Crippen LogP contribution is -2.35. The Morgan fingerprint density at radius 1 is 0.792 bits per heavy atom. The number of methoxy groups -OCH3 is 2. The highest BCUT2D eigenvalue weighted by Crippen LogP contribution is 2.22. The van der Waals surface area contributed by atoms with Crippen molar-refractivity contribution < 1.29 is 28.5 Å². The Morgan fingerprint density at radius 3 is 1.50 bits per heavy atom. The van der Waals surface area contributed by atoms with Crippen molar-refractivity contribution in [2.75, 3.05) is 20.8 Å². The van der Waals surface area contributed by atoms with Crippen LogP contribution in [0.5, 0.6) is 23.0 Å². The first-order valence-corrected chi connectivity index (χ1v) is 7.44. The molecule has 0 saturated carbocycles. The Hall–Kier alpha value is -2.89. The van der Waals surface area contributed by atoms with E-state index in [1.807, 2.05) is 0 Å². The van der Waals surface area contributed by atoms with Gasteiger partial charge in [-0.2, -0.15) is 0 Å². The molecule has 0 spiro atoms. The smallest absolute Gasteiger partial charge is 0.389 e. The Balaban J connectivity index is 2.11. The first-order chi connectivity index (χ1) is 11.7. The molecule has 0 fully saturated rings. The van der Waals surface area contributed by atoms with Gasteiger partial charge >= 0.3 is 12.3 Å². The van der Waals surface area contributed by atoms with Gasteiger partial charge in [-0.05, 0) is 55.5 Å². The largest absolute Gasteiger partial charge is 0.497 e. The maximum Gasteiger partial charge on any atom is 0.389 e. The summed E-state index contributed by atoms with van der Waals surface area (Å²) in [7, 11) is 3.15. The quantitative estimate of drug-likeness (QED) is 0.547. The van der Waals surface area contributed by atoms with Crippen molar-refractivity contribution in [1.82, 2.24) is 0 Å². The second-order valence-corrected chi connectivity index (χ2v) is 4.67. The van der Waals surface area contributed by atoms with Gasteiger partial charge in [0.2, 0.25) is 0 Å². The molecule has 0 aliphatic rings. The molecule has 6 heteroatoms. The lowest BCUT2D eigenvalue weighted by Gasteiger charge is -2.19. The molecule has 0 aliphatic heterocycles. The number of rotatable bonds is 8. The molecule has 0 saturated heterocycles. The molecule has 0 bridgehead atoms. The molecule has 0 aromatic heterocycles. The maximum absolute atomic E-state index is 12.1. The van der Waals surface area contributed by atoms with Crippen molar-refractivity contribution in [3.8, 4) is 23.0 Å². The molecular formula is C18H20O6. The number of benzene rings is 2. The standard InChI is InChI=1S/C18H20O6/c1-4-22-17(19)18(23-15-9-5-13(20-2)6-10-15)24-16-11-7-14(21-3)8-12-16/h5-12,18H,4H2,1-3H3. The minimum atomic E-state index is -1.22. The highest BCUT2D eigenvalue weighted by atomic mass is 16.7. The summed E-state index contributed by atoms with van der Waals surface area (Å²) in [6.07, 6.45) is -1.22. The Morgan fingerprint density at radius 2 is 1.17 bits per heavy atom. The molecule has 0 atom stereocenters. The van der Waals surface area contributed by atoms with Gasteiger partial charge in [0.1, 0.15) is 23.0 Å². The highest BCUT2D eigenvalue weighted by molar-refractivity contribution is 5.74. The molecule has 0 amide bonds. The summed E-state index contributed by atoms with van der Waals surface area (Å²) in [6.45, 7) is 1.95. The molecule has 0 N–H and O–H groups in total. The normalized spacial score (nSPS) is 10.2. The molecule has 0 radical (unpaired) electrons. The minimum Gasteiger partial charge on any atom is -0.497 e. The fourth-order valence-corrected chi connectivity index (χ4v) is 1.89. The predicted molar refractivity (Wildman–Crippen MR) is 87.7 cm³/mol. The van der Waals surface area contributed by atoms with Gasteiger partial charge in [0.15, 0.2) is 0 Å².